The first-order valence-corrected chi connectivity index (χ1v) is 17.0. The quantitative estimate of drug-likeness (QED) is 0.175. The molecule has 3 aromatic heterocycles. The van der Waals surface area contributed by atoms with Crippen LogP contribution in [0.1, 0.15) is 20.6 Å². The summed E-state index contributed by atoms with van der Waals surface area (Å²) >= 11 is 1.72. The Balaban J connectivity index is 1.21. The van der Waals surface area contributed by atoms with Gasteiger partial charge in [-0.15, -0.1) is 11.3 Å². The third kappa shape index (κ3) is 4.29. The highest BCUT2D eigenvalue weighted by Gasteiger charge is 2.17. The van der Waals surface area contributed by atoms with Crippen molar-refractivity contribution < 1.29 is 20.6 Å². The summed E-state index contributed by atoms with van der Waals surface area (Å²) in [6, 6.07) is 20.4. The first-order chi connectivity index (χ1) is 31.5. The van der Waals surface area contributed by atoms with Crippen LogP contribution in [0.2, 0.25) is 0 Å². The number of thiophene rings is 1. The van der Waals surface area contributed by atoms with E-state index in [0.29, 0.717) is 5.69 Å². The van der Waals surface area contributed by atoms with Gasteiger partial charge in [-0.3, -0.25) is 0 Å². The molecule has 0 unspecified atom stereocenters. The van der Waals surface area contributed by atoms with Crippen LogP contribution in [0.25, 0.3) is 97.4 Å². The third-order valence-corrected chi connectivity index (χ3v) is 10.6. The summed E-state index contributed by atoms with van der Waals surface area (Å²) in [7, 11) is 0. The standard InChI is InChI=1S/C48H30N2S/c1-5-22-43-37(16-1)38-17-2-6-23-44(38)50(43)35-26-27-46-42(30-35)39-18-3-7-24-45(39)49(46)34-15-10-13-32(29-34)31-12-9-14-33(28-31)36-20-11-21-41-40-19-4-8-25-47(40)51-48(36)41/h1-30H/i1D,2D,3D,5D,6D,7D,16D,17D,18D,22D,23D,24D,26D,27D,30D. The fourth-order valence-electron chi connectivity index (χ4n) is 7.18. The average Bonchev–Trinajstić information content (AvgIpc) is 4.01. The van der Waals surface area contributed by atoms with Gasteiger partial charge >= 0.3 is 0 Å². The van der Waals surface area contributed by atoms with Gasteiger partial charge in [-0.25, -0.2) is 0 Å². The van der Waals surface area contributed by atoms with E-state index in [1.165, 1.54) is 14.7 Å². The summed E-state index contributed by atoms with van der Waals surface area (Å²) in [5.41, 5.74) is 2.56. The minimum atomic E-state index is -0.703. The molecule has 0 aliphatic carbocycles. The summed E-state index contributed by atoms with van der Waals surface area (Å²) < 4.78 is 140. The minimum Gasteiger partial charge on any atom is -0.309 e. The van der Waals surface area contributed by atoms with Crippen molar-refractivity contribution in [2.45, 2.75) is 0 Å². The van der Waals surface area contributed by atoms with Crippen LogP contribution in [0.15, 0.2) is 182 Å². The van der Waals surface area contributed by atoms with Gasteiger partial charge in [0, 0.05) is 53.1 Å². The van der Waals surface area contributed by atoms with Gasteiger partial charge in [0.05, 0.1) is 42.6 Å². The minimum absolute atomic E-state index is 0.0806. The van der Waals surface area contributed by atoms with E-state index < -0.39 is 96.3 Å². The summed E-state index contributed by atoms with van der Waals surface area (Å²) in [5, 5.41) is 1.45. The Kier molecular flexibility index (Phi) is 3.79. The predicted octanol–water partition coefficient (Wildman–Crippen LogP) is 13.6. The van der Waals surface area contributed by atoms with Crippen LogP contribution in [-0.2, 0) is 0 Å². The summed E-state index contributed by atoms with van der Waals surface area (Å²) in [6.45, 7) is 0. The molecule has 0 saturated heterocycles. The number of nitrogens with zero attached hydrogens (tertiary/aromatic N) is 2. The average molecular weight is 682 g/mol. The second-order valence-corrected chi connectivity index (χ2v) is 13.3. The van der Waals surface area contributed by atoms with E-state index in [1.54, 1.807) is 29.5 Å². The molecule has 0 radical (unpaired) electrons. The Bertz CT molecular complexity index is 3940. The van der Waals surface area contributed by atoms with E-state index >= 15 is 0 Å². The third-order valence-electron chi connectivity index (χ3n) is 9.42. The zero-order valence-corrected chi connectivity index (χ0v) is 27.3. The molecule has 11 rings (SSSR count). The van der Waals surface area contributed by atoms with Crippen molar-refractivity contribution in [2.75, 3.05) is 0 Å². The maximum absolute atomic E-state index is 9.89. The SMILES string of the molecule is [2H]c1c([2H])c([2H])c2c(c1[2H])c1c([2H])c(-n3c4c([2H])c([2H])c([2H])c([2H])c4c4c([2H])c([2H])c([2H])c([2H])c43)c([2H])c([2H])c1n2-c1cccc(-c2cccc(-c3cccc4c3sc3ccccc34)c2)c1. The van der Waals surface area contributed by atoms with Crippen molar-refractivity contribution in [1.82, 2.24) is 9.13 Å². The van der Waals surface area contributed by atoms with Gasteiger partial charge in [0.2, 0.25) is 0 Å². The lowest BCUT2D eigenvalue weighted by atomic mass is 9.97. The fraction of sp³-hybridized carbons (Fsp3) is 0. The second-order valence-electron chi connectivity index (χ2n) is 12.2. The molecule has 0 spiro atoms. The molecule has 0 saturated carbocycles. The smallest absolute Gasteiger partial charge is 0.0652 e. The highest BCUT2D eigenvalue weighted by atomic mass is 32.1. The van der Waals surface area contributed by atoms with Crippen molar-refractivity contribution in [3.63, 3.8) is 0 Å². The van der Waals surface area contributed by atoms with E-state index in [2.05, 4.69) is 30.3 Å². The second kappa shape index (κ2) is 11.0. The highest BCUT2D eigenvalue weighted by molar-refractivity contribution is 7.26. The van der Waals surface area contributed by atoms with Crippen LogP contribution in [-0.4, -0.2) is 9.13 Å². The van der Waals surface area contributed by atoms with Gasteiger partial charge in [0.1, 0.15) is 0 Å². The molecular formula is C48H30N2S. The monoisotopic (exact) mass is 681 g/mol. The Labute approximate surface area is 319 Å². The van der Waals surface area contributed by atoms with Gasteiger partial charge in [-0.2, -0.15) is 0 Å². The molecule has 8 aromatic carbocycles. The van der Waals surface area contributed by atoms with E-state index in [9.17, 15) is 6.85 Å². The molecular weight excluding hydrogens is 637 g/mol. The molecule has 0 aliphatic rings. The molecule has 2 nitrogen and oxygen atoms in total. The number of fused-ring (bicyclic) bond motifs is 9. The molecule has 0 fully saturated rings. The van der Waals surface area contributed by atoms with E-state index in [4.69, 9.17) is 13.7 Å². The largest absolute Gasteiger partial charge is 0.309 e. The summed E-state index contributed by atoms with van der Waals surface area (Å²) in [6.07, 6.45) is 0. The van der Waals surface area contributed by atoms with E-state index in [0.717, 1.165) is 36.9 Å². The molecule has 0 atom stereocenters. The predicted molar refractivity (Wildman–Crippen MR) is 219 cm³/mol. The molecule has 0 bridgehead atoms. The zero-order valence-electron chi connectivity index (χ0n) is 41.5. The van der Waals surface area contributed by atoms with Crippen molar-refractivity contribution in [2.24, 2.45) is 0 Å². The first kappa shape index (κ1) is 17.5. The summed E-state index contributed by atoms with van der Waals surface area (Å²) in [4.78, 5) is 0. The molecule has 0 aliphatic heterocycles. The molecule has 51 heavy (non-hydrogen) atoms. The van der Waals surface area contributed by atoms with Crippen molar-refractivity contribution >= 4 is 75.1 Å². The summed E-state index contributed by atoms with van der Waals surface area (Å²) in [5.74, 6) is 0. The van der Waals surface area contributed by atoms with E-state index in [-0.39, 0.29) is 43.6 Å². The maximum atomic E-state index is 9.89. The van der Waals surface area contributed by atoms with Gasteiger partial charge < -0.3 is 9.13 Å². The van der Waals surface area contributed by atoms with Crippen LogP contribution >= 0.6 is 11.3 Å². The van der Waals surface area contributed by atoms with Crippen LogP contribution < -0.4 is 0 Å². The molecule has 3 heterocycles. The van der Waals surface area contributed by atoms with Crippen LogP contribution in [0, 0.1) is 0 Å². The number of hydrogen-bond acceptors (Lipinski definition) is 1. The maximum Gasteiger partial charge on any atom is 0.0652 e. The number of rotatable bonds is 4. The van der Waals surface area contributed by atoms with Gasteiger partial charge in [-0.1, -0.05) is 121 Å². The van der Waals surface area contributed by atoms with Crippen molar-refractivity contribution in [3.8, 4) is 33.6 Å². The van der Waals surface area contributed by atoms with E-state index in [1.807, 2.05) is 42.5 Å². The number of aromatic nitrogens is 2. The van der Waals surface area contributed by atoms with Crippen molar-refractivity contribution in [3.05, 3.63) is 182 Å². The number of benzene rings is 8. The Morgan fingerprint density at radius 3 is 1.75 bits per heavy atom. The van der Waals surface area contributed by atoms with Gasteiger partial charge in [-0.05, 0) is 82.8 Å². The molecule has 0 amide bonds. The van der Waals surface area contributed by atoms with Gasteiger partial charge in [0.15, 0.2) is 0 Å². The van der Waals surface area contributed by atoms with Gasteiger partial charge in [0.25, 0.3) is 0 Å². The number of para-hydroxylation sites is 3. The topological polar surface area (TPSA) is 9.86 Å². The molecule has 11 aromatic rings. The highest BCUT2D eigenvalue weighted by Crippen LogP contribution is 2.41. The zero-order chi connectivity index (χ0) is 46.5. The normalized spacial score (nSPS) is 16.0. The lowest BCUT2D eigenvalue weighted by molar-refractivity contribution is 1.17. The van der Waals surface area contributed by atoms with Crippen LogP contribution in [0.4, 0.5) is 0 Å². The number of hydrogen-bond donors (Lipinski definition) is 0. The molecule has 3 heteroatoms. The lowest BCUT2D eigenvalue weighted by Gasteiger charge is -2.12. The Hall–Kier alpha value is -6.42. The first-order valence-electron chi connectivity index (χ1n) is 23.7. The Morgan fingerprint density at radius 1 is 0.412 bits per heavy atom. The molecule has 0 N–H and O–H groups in total. The Morgan fingerprint density at radius 2 is 0.980 bits per heavy atom. The van der Waals surface area contributed by atoms with Crippen LogP contribution in [0.3, 0.4) is 0 Å². The molecule has 238 valence electrons. The van der Waals surface area contributed by atoms with Crippen LogP contribution in [0.5, 0.6) is 0 Å². The fourth-order valence-corrected chi connectivity index (χ4v) is 8.42. The van der Waals surface area contributed by atoms with Crippen molar-refractivity contribution in [1.29, 1.82) is 0 Å². The lowest BCUT2D eigenvalue weighted by Crippen LogP contribution is -1.96.